The molecule has 3 aliphatic rings. The molecule has 3 fully saturated rings. The van der Waals surface area contributed by atoms with Crippen molar-refractivity contribution in [2.45, 2.75) is 77.7 Å². The molecule has 1 N–H and O–H groups in total. The Labute approximate surface area is 264 Å². The van der Waals surface area contributed by atoms with Crippen molar-refractivity contribution in [3.63, 3.8) is 0 Å². The fourth-order valence-corrected chi connectivity index (χ4v) is 7.18. The molecule has 1 saturated carbocycles. The summed E-state index contributed by atoms with van der Waals surface area (Å²) in [5.74, 6) is -0.313. The van der Waals surface area contributed by atoms with E-state index >= 15 is 4.39 Å². The van der Waals surface area contributed by atoms with E-state index in [1.165, 1.54) is 11.6 Å². The normalized spacial score (nSPS) is 20.7. The smallest absolute Gasteiger partial charge is 0.193 e. The molecule has 2 unspecified atom stereocenters. The lowest BCUT2D eigenvalue weighted by atomic mass is 10.0. The molecule has 5 heterocycles. The zero-order valence-electron chi connectivity index (χ0n) is 26.7. The zero-order valence-corrected chi connectivity index (χ0v) is 26.7. The fraction of sp³-hybridized carbons (Fsp3) is 0.472. The van der Waals surface area contributed by atoms with Gasteiger partial charge in [0.1, 0.15) is 5.82 Å². The topological polar surface area (TPSA) is 69.5 Å². The summed E-state index contributed by atoms with van der Waals surface area (Å²) in [6.07, 6.45) is 10.2. The van der Waals surface area contributed by atoms with E-state index in [1.54, 1.807) is 0 Å². The fourth-order valence-electron chi connectivity index (χ4n) is 7.18. The summed E-state index contributed by atoms with van der Waals surface area (Å²) < 4.78 is 18.0. The molecule has 1 aromatic carbocycles. The Morgan fingerprint density at radius 1 is 0.978 bits per heavy atom. The number of rotatable bonds is 8. The number of nitrogens with one attached hydrogen (secondary N) is 1. The summed E-state index contributed by atoms with van der Waals surface area (Å²) in [7, 11) is 0. The third-order valence-corrected chi connectivity index (χ3v) is 9.72. The Hall–Kier alpha value is -3.82. The quantitative estimate of drug-likeness (QED) is 0.289. The number of piperazine rings is 1. The van der Waals surface area contributed by atoms with Gasteiger partial charge >= 0.3 is 0 Å². The number of benzene rings is 1. The van der Waals surface area contributed by atoms with E-state index < -0.39 is 0 Å². The first-order chi connectivity index (χ1) is 21.8. The Kier molecular flexibility index (Phi) is 8.31. The first kappa shape index (κ1) is 29.9. The predicted molar refractivity (Wildman–Crippen MR) is 179 cm³/mol. The number of aryl methyl sites for hydroxylation is 2. The van der Waals surface area contributed by atoms with Gasteiger partial charge in [0, 0.05) is 98.7 Å². The summed E-state index contributed by atoms with van der Waals surface area (Å²) in [4.78, 5) is 30.1. The van der Waals surface area contributed by atoms with Gasteiger partial charge in [0.25, 0.3) is 0 Å². The Balaban J connectivity index is 1.25. The van der Waals surface area contributed by atoms with Crippen LogP contribution in [0.2, 0.25) is 0 Å². The summed E-state index contributed by atoms with van der Waals surface area (Å²) in [5.41, 5.74) is 6.43. The summed E-state index contributed by atoms with van der Waals surface area (Å²) in [6.45, 7) is 11.5. The summed E-state index contributed by atoms with van der Waals surface area (Å²) in [5, 5.41) is 3.93. The van der Waals surface area contributed by atoms with Crippen LogP contribution in [0.3, 0.4) is 0 Å². The van der Waals surface area contributed by atoms with E-state index in [2.05, 4.69) is 71.9 Å². The number of nitrogens with zero attached hydrogens (tertiary/aromatic N) is 6. The highest BCUT2D eigenvalue weighted by atomic mass is 19.1. The van der Waals surface area contributed by atoms with Gasteiger partial charge in [0.2, 0.25) is 0 Å². The third-order valence-electron chi connectivity index (χ3n) is 9.72. The van der Waals surface area contributed by atoms with Crippen LogP contribution in [0.25, 0.3) is 10.9 Å². The van der Waals surface area contributed by atoms with E-state index in [4.69, 9.17) is 0 Å². The SMILES string of the molecule is Cc1ccc(N2CCCC(N(Cc3ccnc(C)c3)Cc3cn(C4CC4)c4cc(N5CCNC(C)C5)c(F)cc4c3=O)C2)cn1. The molecule has 0 radical (unpaired) electrons. The molecule has 7 rings (SSSR count). The first-order valence-corrected chi connectivity index (χ1v) is 16.5. The number of fused-ring (bicyclic) bond motifs is 1. The van der Waals surface area contributed by atoms with Gasteiger partial charge in [0.15, 0.2) is 5.43 Å². The molecule has 0 bridgehead atoms. The Bertz CT molecular complexity index is 1730. The number of pyridine rings is 3. The predicted octanol–water partition coefficient (Wildman–Crippen LogP) is 5.35. The second kappa shape index (κ2) is 12.5. The van der Waals surface area contributed by atoms with Crippen molar-refractivity contribution in [2.75, 3.05) is 42.5 Å². The minimum atomic E-state index is -0.313. The van der Waals surface area contributed by atoms with Crippen molar-refractivity contribution in [2.24, 2.45) is 0 Å². The van der Waals surface area contributed by atoms with Crippen molar-refractivity contribution in [3.8, 4) is 0 Å². The van der Waals surface area contributed by atoms with E-state index in [0.717, 1.165) is 86.6 Å². The summed E-state index contributed by atoms with van der Waals surface area (Å²) in [6, 6.07) is 12.7. The van der Waals surface area contributed by atoms with Gasteiger partial charge in [0.05, 0.1) is 23.1 Å². The van der Waals surface area contributed by atoms with Crippen LogP contribution in [0.4, 0.5) is 15.8 Å². The first-order valence-electron chi connectivity index (χ1n) is 16.5. The van der Waals surface area contributed by atoms with E-state index in [-0.39, 0.29) is 23.3 Å². The molecule has 0 amide bonds. The maximum atomic E-state index is 15.8. The van der Waals surface area contributed by atoms with Crippen LogP contribution in [0.1, 0.15) is 61.2 Å². The maximum Gasteiger partial charge on any atom is 0.193 e. The van der Waals surface area contributed by atoms with Crippen LogP contribution in [-0.2, 0) is 13.1 Å². The minimum absolute atomic E-state index is 0.0627. The average molecular weight is 610 g/mol. The number of hydrogen-bond acceptors (Lipinski definition) is 7. The third kappa shape index (κ3) is 6.47. The molecule has 2 saturated heterocycles. The molecule has 0 spiro atoms. The lowest BCUT2D eigenvalue weighted by Crippen LogP contribution is -2.49. The van der Waals surface area contributed by atoms with Crippen LogP contribution < -0.4 is 20.5 Å². The molecular formula is C36H44FN7O. The number of aromatic nitrogens is 3. The number of piperidine rings is 1. The Morgan fingerprint density at radius 2 is 1.84 bits per heavy atom. The van der Waals surface area contributed by atoms with Gasteiger partial charge < -0.3 is 19.7 Å². The molecule has 8 nitrogen and oxygen atoms in total. The van der Waals surface area contributed by atoms with Crippen LogP contribution in [0, 0.1) is 19.7 Å². The molecule has 236 valence electrons. The van der Waals surface area contributed by atoms with Crippen molar-refractivity contribution >= 4 is 22.3 Å². The lowest BCUT2D eigenvalue weighted by molar-refractivity contribution is 0.158. The van der Waals surface area contributed by atoms with Gasteiger partial charge in [-0.2, -0.15) is 0 Å². The van der Waals surface area contributed by atoms with Crippen molar-refractivity contribution < 1.29 is 4.39 Å². The molecular weight excluding hydrogens is 565 g/mol. The highest BCUT2D eigenvalue weighted by Crippen LogP contribution is 2.38. The molecule has 1 aliphatic carbocycles. The molecule has 9 heteroatoms. The molecule has 2 atom stereocenters. The Morgan fingerprint density at radius 3 is 2.60 bits per heavy atom. The van der Waals surface area contributed by atoms with Crippen molar-refractivity contribution in [3.05, 3.63) is 93.5 Å². The monoisotopic (exact) mass is 609 g/mol. The van der Waals surface area contributed by atoms with Crippen LogP contribution in [0.5, 0.6) is 0 Å². The van der Waals surface area contributed by atoms with Gasteiger partial charge in [-0.1, -0.05) is 0 Å². The van der Waals surface area contributed by atoms with Crippen LogP contribution in [0.15, 0.2) is 59.8 Å². The van der Waals surface area contributed by atoms with Crippen LogP contribution >= 0.6 is 0 Å². The summed E-state index contributed by atoms with van der Waals surface area (Å²) >= 11 is 0. The van der Waals surface area contributed by atoms with Crippen LogP contribution in [-0.4, -0.2) is 64.2 Å². The highest BCUT2D eigenvalue weighted by molar-refractivity contribution is 5.84. The standard InChI is InChI=1S/C36H44FN7O/c1-24-6-7-30(18-40-24)41-13-4-5-31(23-41)43(20-27-10-11-38-25(2)15-27)21-28-22-44(29-8-9-29)34-17-35(33(37)16-32(34)36(28)45)42-14-12-39-26(3)19-42/h6-7,10-11,15-18,22,26,29,31,39H,4-5,8-9,12-14,19-21,23H2,1-3H3. The van der Waals surface area contributed by atoms with Gasteiger partial charge in [-0.05, 0) is 88.4 Å². The highest BCUT2D eigenvalue weighted by Gasteiger charge is 2.30. The van der Waals surface area contributed by atoms with Gasteiger partial charge in [-0.3, -0.25) is 19.7 Å². The van der Waals surface area contributed by atoms with E-state index in [9.17, 15) is 4.79 Å². The molecule has 2 aliphatic heterocycles. The molecule has 3 aromatic heterocycles. The lowest BCUT2D eigenvalue weighted by Gasteiger charge is -2.40. The molecule has 45 heavy (non-hydrogen) atoms. The molecule has 4 aromatic rings. The minimum Gasteiger partial charge on any atom is -0.369 e. The van der Waals surface area contributed by atoms with Crippen molar-refractivity contribution in [1.82, 2.24) is 24.8 Å². The number of anilines is 2. The van der Waals surface area contributed by atoms with Gasteiger partial charge in [-0.25, -0.2) is 4.39 Å². The average Bonchev–Trinajstić information content (AvgIpc) is 3.88. The van der Waals surface area contributed by atoms with E-state index in [0.29, 0.717) is 30.2 Å². The van der Waals surface area contributed by atoms with E-state index in [1.807, 2.05) is 32.3 Å². The number of hydrogen-bond donors (Lipinski definition) is 1. The van der Waals surface area contributed by atoms with Gasteiger partial charge in [-0.15, -0.1) is 0 Å². The van der Waals surface area contributed by atoms with Crippen molar-refractivity contribution in [1.29, 1.82) is 0 Å². The largest absolute Gasteiger partial charge is 0.369 e. The zero-order chi connectivity index (χ0) is 31.1. The number of halogens is 1. The maximum absolute atomic E-state index is 15.8. The second-order valence-corrected chi connectivity index (χ2v) is 13.4. The second-order valence-electron chi connectivity index (χ2n) is 13.4.